The number of hydrogen-bond acceptors (Lipinski definition) is 4. The Morgan fingerprint density at radius 1 is 1.31 bits per heavy atom. The summed E-state index contributed by atoms with van der Waals surface area (Å²) in [6.45, 7) is 2.51. The van der Waals surface area contributed by atoms with Gasteiger partial charge in [-0.25, -0.2) is 4.98 Å². The standard InChI is InChI=1S/C12H14N2OS/c1-8-11(16-12(7-13)14-8)6-9-2-4-10(15)5-3-9/h2-5,15H,6-7,13H2,1H3. The van der Waals surface area contributed by atoms with E-state index in [2.05, 4.69) is 4.98 Å². The second-order valence-corrected chi connectivity index (χ2v) is 4.83. The van der Waals surface area contributed by atoms with Crippen molar-refractivity contribution >= 4 is 11.3 Å². The van der Waals surface area contributed by atoms with E-state index in [1.807, 2.05) is 19.1 Å². The van der Waals surface area contributed by atoms with Crippen molar-refractivity contribution in [3.63, 3.8) is 0 Å². The van der Waals surface area contributed by atoms with Crippen molar-refractivity contribution in [3.05, 3.63) is 45.4 Å². The predicted molar refractivity (Wildman–Crippen MR) is 65.7 cm³/mol. The highest BCUT2D eigenvalue weighted by Gasteiger charge is 2.07. The highest BCUT2D eigenvalue weighted by molar-refractivity contribution is 7.11. The second-order valence-electron chi connectivity index (χ2n) is 3.66. The molecule has 4 heteroatoms. The molecule has 0 aliphatic rings. The van der Waals surface area contributed by atoms with Gasteiger partial charge in [0.25, 0.3) is 0 Å². The van der Waals surface area contributed by atoms with E-state index in [9.17, 15) is 5.11 Å². The molecule has 2 rings (SSSR count). The van der Waals surface area contributed by atoms with E-state index in [-0.39, 0.29) is 0 Å². The van der Waals surface area contributed by atoms with Gasteiger partial charge in [0.05, 0.1) is 5.69 Å². The summed E-state index contributed by atoms with van der Waals surface area (Å²) in [4.78, 5) is 5.63. The molecule has 0 bridgehead atoms. The number of benzene rings is 1. The molecule has 3 N–H and O–H groups in total. The van der Waals surface area contributed by atoms with E-state index in [1.165, 1.54) is 10.4 Å². The molecule has 0 spiro atoms. The van der Waals surface area contributed by atoms with Crippen LogP contribution in [0.5, 0.6) is 5.75 Å². The smallest absolute Gasteiger partial charge is 0.115 e. The maximum Gasteiger partial charge on any atom is 0.115 e. The van der Waals surface area contributed by atoms with Crippen molar-refractivity contribution in [3.8, 4) is 5.75 Å². The third-order valence-electron chi connectivity index (χ3n) is 2.41. The Hall–Kier alpha value is -1.39. The lowest BCUT2D eigenvalue weighted by Gasteiger charge is -1.99. The number of phenols is 1. The van der Waals surface area contributed by atoms with Crippen molar-refractivity contribution in [1.29, 1.82) is 0 Å². The highest BCUT2D eigenvalue weighted by Crippen LogP contribution is 2.22. The van der Waals surface area contributed by atoms with Gasteiger partial charge in [-0.1, -0.05) is 12.1 Å². The largest absolute Gasteiger partial charge is 0.508 e. The maximum atomic E-state index is 9.19. The average molecular weight is 234 g/mol. The Bertz CT molecular complexity index is 476. The summed E-state index contributed by atoms with van der Waals surface area (Å²) in [6.07, 6.45) is 0.851. The Labute approximate surface area is 98.6 Å². The van der Waals surface area contributed by atoms with Gasteiger partial charge in [-0.3, -0.25) is 0 Å². The quantitative estimate of drug-likeness (QED) is 0.856. The Morgan fingerprint density at radius 3 is 2.56 bits per heavy atom. The molecular formula is C12H14N2OS. The van der Waals surface area contributed by atoms with Crippen LogP contribution in [-0.2, 0) is 13.0 Å². The van der Waals surface area contributed by atoms with Gasteiger partial charge in [-0.15, -0.1) is 11.3 Å². The minimum absolute atomic E-state index is 0.299. The molecule has 3 nitrogen and oxygen atoms in total. The van der Waals surface area contributed by atoms with Gasteiger partial charge in [-0.05, 0) is 24.6 Å². The van der Waals surface area contributed by atoms with Crippen LogP contribution in [-0.4, -0.2) is 10.1 Å². The molecule has 0 unspecified atom stereocenters. The van der Waals surface area contributed by atoms with Gasteiger partial charge in [0, 0.05) is 17.8 Å². The van der Waals surface area contributed by atoms with E-state index >= 15 is 0 Å². The van der Waals surface area contributed by atoms with E-state index in [1.54, 1.807) is 23.5 Å². The molecule has 0 amide bonds. The molecule has 0 atom stereocenters. The fraction of sp³-hybridized carbons (Fsp3) is 0.250. The van der Waals surface area contributed by atoms with E-state index in [0.29, 0.717) is 12.3 Å². The number of hydrogen-bond donors (Lipinski definition) is 2. The molecule has 1 heterocycles. The van der Waals surface area contributed by atoms with E-state index in [4.69, 9.17) is 5.73 Å². The van der Waals surface area contributed by atoms with Gasteiger partial charge in [0.2, 0.25) is 0 Å². The van der Waals surface area contributed by atoms with Crippen molar-refractivity contribution < 1.29 is 5.11 Å². The van der Waals surface area contributed by atoms with Crippen LogP contribution < -0.4 is 5.73 Å². The van der Waals surface area contributed by atoms with Crippen LogP contribution >= 0.6 is 11.3 Å². The number of aromatic nitrogens is 1. The first-order valence-corrected chi connectivity index (χ1v) is 5.94. The SMILES string of the molecule is Cc1nc(CN)sc1Cc1ccc(O)cc1. The molecule has 16 heavy (non-hydrogen) atoms. The van der Waals surface area contributed by atoms with Crippen LogP contribution in [0, 0.1) is 6.92 Å². The van der Waals surface area contributed by atoms with E-state index < -0.39 is 0 Å². The van der Waals surface area contributed by atoms with Crippen LogP contribution in [0.1, 0.15) is 21.1 Å². The molecule has 2 aromatic rings. The zero-order valence-electron chi connectivity index (χ0n) is 9.10. The summed E-state index contributed by atoms with van der Waals surface area (Å²) in [6, 6.07) is 7.26. The molecule has 0 saturated heterocycles. The third-order valence-corrected chi connectivity index (χ3v) is 3.59. The van der Waals surface area contributed by atoms with Crippen molar-refractivity contribution in [2.45, 2.75) is 19.9 Å². The van der Waals surface area contributed by atoms with Gasteiger partial charge >= 0.3 is 0 Å². The fourth-order valence-electron chi connectivity index (χ4n) is 1.54. The average Bonchev–Trinajstić information content (AvgIpc) is 2.63. The Kier molecular flexibility index (Phi) is 3.22. The number of nitrogens with zero attached hydrogens (tertiary/aromatic N) is 1. The number of nitrogens with two attached hydrogens (primary N) is 1. The molecule has 0 fully saturated rings. The summed E-state index contributed by atoms with van der Waals surface area (Å²) < 4.78 is 0. The number of phenolic OH excluding ortho intramolecular Hbond substituents is 1. The molecule has 84 valence electrons. The molecule has 1 aromatic heterocycles. The zero-order chi connectivity index (χ0) is 11.5. The lowest BCUT2D eigenvalue weighted by Crippen LogP contribution is -1.94. The van der Waals surface area contributed by atoms with Gasteiger partial charge in [-0.2, -0.15) is 0 Å². The first kappa shape index (κ1) is 11.1. The topological polar surface area (TPSA) is 59.1 Å². The maximum absolute atomic E-state index is 9.19. The first-order chi connectivity index (χ1) is 7.69. The number of aromatic hydroxyl groups is 1. The number of thiazole rings is 1. The van der Waals surface area contributed by atoms with Crippen LogP contribution in [0.2, 0.25) is 0 Å². The zero-order valence-corrected chi connectivity index (χ0v) is 9.92. The molecule has 0 aliphatic heterocycles. The third kappa shape index (κ3) is 2.40. The summed E-state index contributed by atoms with van der Waals surface area (Å²) in [5, 5.41) is 10.2. The molecule has 0 radical (unpaired) electrons. The van der Waals surface area contributed by atoms with Crippen molar-refractivity contribution in [2.24, 2.45) is 5.73 Å². The molecule has 0 saturated carbocycles. The predicted octanol–water partition coefficient (Wildman–Crippen LogP) is 2.21. The van der Waals surface area contributed by atoms with E-state index in [0.717, 1.165) is 17.1 Å². The van der Waals surface area contributed by atoms with Crippen LogP contribution in [0.25, 0.3) is 0 Å². The minimum atomic E-state index is 0.299. The molecular weight excluding hydrogens is 220 g/mol. The summed E-state index contributed by atoms with van der Waals surface area (Å²) in [5.41, 5.74) is 7.79. The monoisotopic (exact) mass is 234 g/mol. The molecule has 0 aliphatic carbocycles. The summed E-state index contributed by atoms with van der Waals surface area (Å²) >= 11 is 1.66. The number of aryl methyl sites for hydroxylation is 1. The van der Waals surface area contributed by atoms with Crippen LogP contribution in [0.3, 0.4) is 0 Å². The number of rotatable bonds is 3. The van der Waals surface area contributed by atoms with Gasteiger partial charge < -0.3 is 10.8 Å². The normalized spacial score (nSPS) is 10.6. The summed E-state index contributed by atoms with van der Waals surface area (Å²) in [5.74, 6) is 0.299. The van der Waals surface area contributed by atoms with Crippen LogP contribution in [0.15, 0.2) is 24.3 Å². The van der Waals surface area contributed by atoms with Gasteiger partial charge in [0.1, 0.15) is 10.8 Å². The first-order valence-electron chi connectivity index (χ1n) is 5.12. The van der Waals surface area contributed by atoms with Crippen LogP contribution in [0.4, 0.5) is 0 Å². The lowest BCUT2D eigenvalue weighted by molar-refractivity contribution is 0.475. The van der Waals surface area contributed by atoms with Crippen molar-refractivity contribution in [1.82, 2.24) is 4.98 Å². The minimum Gasteiger partial charge on any atom is -0.508 e. The van der Waals surface area contributed by atoms with Crippen molar-refractivity contribution in [2.75, 3.05) is 0 Å². The second kappa shape index (κ2) is 4.63. The Morgan fingerprint density at radius 2 is 2.00 bits per heavy atom. The Balaban J connectivity index is 2.19. The highest BCUT2D eigenvalue weighted by atomic mass is 32.1. The fourth-order valence-corrected chi connectivity index (χ4v) is 2.52. The molecule has 1 aromatic carbocycles. The van der Waals surface area contributed by atoms with Gasteiger partial charge in [0.15, 0.2) is 0 Å². The lowest BCUT2D eigenvalue weighted by atomic mass is 10.1. The summed E-state index contributed by atoms with van der Waals surface area (Å²) in [7, 11) is 0.